The largest absolute Gasteiger partial charge is 0.490 e. The maximum atomic E-state index is 13.3. The highest BCUT2D eigenvalue weighted by Crippen LogP contribution is 2.26. The number of primary amides is 1. The van der Waals surface area contributed by atoms with Crippen LogP contribution in [-0.2, 0) is 30.4 Å². The van der Waals surface area contributed by atoms with Crippen LogP contribution in [0.3, 0.4) is 0 Å². The van der Waals surface area contributed by atoms with E-state index in [1.165, 1.54) is 16.7 Å². The number of carboxylic acid groups (broad SMARTS) is 1. The molecule has 2 aliphatic heterocycles. The van der Waals surface area contributed by atoms with Crippen molar-refractivity contribution in [2.45, 2.75) is 75.5 Å². The minimum atomic E-state index is -5.08. The smallest absolute Gasteiger partial charge is 0.475 e. The normalized spacial score (nSPS) is 21.1. The Morgan fingerprint density at radius 1 is 1.02 bits per heavy atom. The van der Waals surface area contributed by atoms with Crippen molar-refractivity contribution in [2.24, 2.45) is 11.5 Å². The molecule has 3 rings (SSSR count). The molecule has 2 aliphatic rings. The van der Waals surface area contributed by atoms with Crippen molar-refractivity contribution in [1.29, 1.82) is 0 Å². The number of aliphatic hydroxyl groups excluding tert-OH is 1. The lowest BCUT2D eigenvalue weighted by Crippen LogP contribution is -2.57. The number of nitrogens with one attached hydrogen (secondary N) is 1. The van der Waals surface area contributed by atoms with E-state index in [1.54, 1.807) is 0 Å². The average molecular weight is 574 g/mol. The number of carbonyl (C=O) groups is 5. The standard InChI is InChI=1S/C23H33N5O5.C2HF3O2/c1-14(20(25)30)26-21(31)17-9-5-11-27(17)22(32)18-10-6-12-28(18)23(33)19(29)16(24)13-15-7-3-2-4-8-15;3-2(4,5)1(6)7/h2-4,7-8,14,16-19,29H,5-6,9-13,24H2,1H3,(H2,25,30)(H,26,31);(H,6,7). The summed E-state index contributed by atoms with van der Waals surface area (Å²) in [5.74, 6) is -4.75. The summed E-state index contributed by atoms with van der Waals surface area (Å²) in [6.45, 7) is 2.21. The first-order chi connectivity index (χ1) is 18.6. The van der Waals surface area contributed by atoms with E-state index in [4.69, 9.17) is 21.4 Å². The minimum absolute atomic E-state index is 0.325. The molecule has 12 nitrogen and oxygen atoms in total. The summed E-state index contributed by atoms with van der Waals surface area (Å²) in [4.78, 5) is 62.0. The average Bonchev–Trinajstić information content (AvgIpc) is 3.58. The van der Waals surface area contributed by atoms with Crippen LogP contribution >= 0.6 is 0 Å². The monoisotopic (exact) mass is 573 g/mol. The van der Waals surface area contributed by atoms with Crippen molar-refractivity contribution in [3.05, 3.63) is 35.9 Å². The molecule has 2 fully saturated rings. The molecule has 7 N–H and O–H groups in total. The van der Waals surface area contributed by atoms with Gasteiger partial charge in [0.15, 0.2) is 0 Å². The molecule has 222 valence electrons. The third-order valence-corrected chi connectivity index (χ3v) is 6.66. The Labute approximate surface area is 228 Å². The summed E-state index contributed by atoms with van der Waals surface area (Å²) in [5.41, 5.74) is 12.2. The fourth-order valence-corrected chi connectivity index (χ4v) is 4.51. The summed E-state index contributed by atoms with van der Waals surface area (Å²) in [6.07, 6.45) is -4.02. The van der Waals surface area contributed by atoms with E-state index in [9.17, 15) is 37.5 Å². The Morgan fingerprint density at radius 2 is 1.55 bits per heavy atom. The number of halogens is 3. The maximum Gasteiger partial charge on any atom is 0.490 e. The lowest BCUT2D eigenvalue weighted by molar-refractivity contribution is -0.192. The Hall–Kier alpha value is -3.72. The molecule has 2 saturated heterocycles. The van der Waals surface area contributed by atoms with Gasteiger partial charge in [-0.2, -0.15) is 13.2 Å². The van der Waals surface area contributed by atoms with Gasteiger partial charge >= 0.3 is 12.1 Å². The van der Waals surface area contributed by atoms with E-state index in [-0.39, 0.29) is 5.91 Å². The van der Waals surface area contributed by atoms with E-state index in [1.807, 2.05) is 30.3 Å². The van der Waals surface area contributed by atoms with Gasteiger partial charge in [-0.25, -0.2) is 4.79 Å². The molecular formula is C25H34F3N5O7. The minimum Gasteiger partial charge on any atom is -0.475 e. The van der Waals surface area contributed by atoms with Crippen molar-refractivity contribution in [3.63, 3.8) is 0 Å². The summed E-state index contributed by atoms with van der Waals surface area (Å²) >= 11 is 0. The van der Waals surface area contributed by atoms with Gasteiger partial charge in [0, 0.05) is 19.1 Å². The first-order valence-corrected chi connectivity index (χ1v) is 12.6. The number of nitrogens with zero attached hydrogens (tertiary/aromatic N) is 2. The molecule has 4 amide bonds. The van der Waals surface area contributed by atoms with E-state index in [0.717, 1.165) is 5.56 Å². The molecule has 0 aromatic heterocycles. The number of benzene rings is 1. The number of aliphatic carboxylic acids is 1. The fraction of sp³-hybridized carbons (Fsp3) is 0.560. The third kappa shape index (κ3) is 8.64. The summed E-state index contributed by atoms with van der Waals surface area (Å²) in [5, 5.41) is 20.3. The van der Waals surface area contributed by atoms with Crippen LogP contribution in [0.2, 0.25) is 0 Å². The first-order valence-electron chi connectivity index (χ1n) is 12.6. The van der Waals surface area contributed by atoms with Crippen LogP contribution in [0.1, 0.15) is 38.2 Å². The van der Waals surface area contributed by atoms with Gasteiger partial charge in [0.05, 0.1) is 0 Å². The number of nitrogens with two attached hydrogens (primary N) is 2. The van der Waals surface area contributed by atoms with Crippen LogP contribution < -0.4 is 16.8 Å². The summed E-state index contributed by atoms with van der Waals surface area (Å²) in [7, 11) is 0. The Balaban J connectivity index is 0.000000708. The second-order valence-electron chi connectivity index (χ2n) is 9.61. The molecule has 0 saturated carbocycles. The fourth-order valence-electron chi connectivity index (χ4n) is 4.51. The highest BCUT2D eigenvalue weighted by Gasteiger charge is 2.44. The zero-order valence-electron chi connectivity index (χ0n) is 21.8. The molecule has 15 heteroatoms. The quantitative estimate of drug-likeness (QED) is 0.275. The van der Waals surface area contributed by atoms with Gasteiger partial charge in [0.1, 0.15) is 24.2 Å². The van der Waals surface area contributed by atoms with Gasteiger partial charge in [-0.1, -0.05) is 30.3 Å². The highest BCUT2D eigenvalue weighted by molar-refractivity contribution is 5.95. The lowest BCUT2D eigenvalue weighted by Gasteiger charge is -2.33. The van der Waals surface area contributed by atoms with Crippen LogP contribution in [0.15, 0.2) is 30.3 Å². The number of rotatable bonds is 8. The molecule has 5 unspecified atom stereocenters. The van der Waals surface area contributed by atoms with Crippen LogP contribution in [0.4, 0.5) is 13.2 Å². The molecule has 2 heterocycles. The van der Waals surface area contributed by atoms with Crippen molar-refractivity contribution in [2.75, 3.05) is 13.1 Å². The molecule has 0 spiro atoms. The van der Waals surface area contributed by atoms with Gasteiger partial charge in [-0.05, 0) is 44.6 Å². The number of amides is 4. The molecule has 0 bridgehead atoms. The van der Waals surface area contributed by atoms with Gasteiger partial charge in [-0.3, -0.25) is 19.2 Å². The predicted molar refractivity (Wildman–Crippen MR) is 134 cm³/mol. The number of carboxylic acids is 1. The second kappa shape index (κ2) is 14.1. The van der Waals surface area contributed by atoms with Gasteiger partial charge in [-0.15, -0.1) is 0 Å². The summed E-state index contributed by atoms with van der Waals surface area (Å²) in [6, 6.07) is 6.21. The first kappa shape index (κ1) is 32.5. The molecule has 1 aromatic rings. The predicted octanol–water partition coefficient (Wildman–Crippen LogP) is -0.477. The van der Waals surface area contributed by atoms with Crippen LogP contribution in [0.25, 0.3) is 0 Å². The van der Waals surface area contributed by atoms with E-state index < -0.39 is 60.1 Å². The number of aliphatic hydroxyl groups is 1. The van der Waals surface area contributed by atoms with Gasteiger partial charge in [0.25, 0.3) is 5.91 Å². The molecule has 5 atom stereocenters. The Bertz CT molecular complexity index is 1070. The molecule has 0 radical (unpaired) electrons. The zero-order chi connectivity index (χ0) is 30.2. The Kier molecular flexibility index (Phi) is 11.4. The second-order valence-corrected chi connectivity index (χ2v) is 9.61. The van der Waals surface area contributed by atoms with Crippen molar-refractivity contribution in [3.8, 4) is 0 Å². The lowest BCUT2D eigenvalue weighted by atomic mass is 10.0. The number of carbonyl (C=O) groups excluding carboxylic acids is 4. The zero-order valence-corrected chi connectivity index (χ0v) is 21.8. The van der Waals surface area contributed by atoms with Crippen molar-refractivity contribution >= 4 is 29.6 Å². The molecule has 1 aromatic carbocycles. The SMILES string of the molecule is CC(NC(=O)C1CCCN1C(=O)C1CCCN1C(=O)C(O)C(N)Cc1ccccc1)C(N)=O.O=C(O)C(F)(F)F. The van der Waals surface area contributed by atoms with E-state index in [0.29, 0.717) is 45.2 Å². The molecule has 40 heavy (non-hydrogen) atoms. The van der Waals surface area contributed by atoms with E-state index in [2.05, 4.69) is 5.32 Å². The van der Waals surface area contributed by atoms with Crippen molar-refractivity contribution in [1.82, 2.24) is 15.1 Å². The maximum absolute atomic E-state index is 13.3. The van der Waals surface area contributed by atoms with Crippen LogP contribution in [-0.4, -0.2) is 99.1 Å². The highest BCUT2D eigenvalue weighted by atomic mass is 19.4. The number of hydrogen-bond acceptors (Lipinski definition) is 7. The number of hydrogen-bond donors (Lipinski definition) is 5. The topological polar surface area (TPSA) is 196 Å². The van der Waals surface area contributed by atoms with Gasteiger partial charge in [0.2, 0.25) is 17.7 Å². The Morgan fingerprint density at radius 3 is 2.08 bits per heavy atom. The molecular weight excluding hydrogens is 539 g/mol. The van der Waals surface area contributed by atoms with E-state index >= 15 is 0 Å². The third-order valence-electron chi connectivity index (χ3n) is 6.66. The van der Waals surface area contributed by atoms with Crippen LogP contribution in [0.5, 0.6) is 0 Å². The molecule has 0 aliphatic carbocycles. The van der Waals surface area contributed by atoms with Crippen molar-refractivity contribution < 1.29 is 47.4 Å². The number of likely N-dealkylation sites (tertiary alicyclic amines) is 2. The van der Waals surface area contributed by atoms with Gasteiger partial charge < -0.3 is 36.8 Å². The van der Waals surface area contributed by atoms with Crippen LogP contribution in [0, 0.1) is 0 Å². The number of alkyl halides is 3. The summed E-state index contributed by atoms with van der Waals surface area (Å²) < 4.78 is 31.7.